The highest BCUT2D eigenvalue weighted by Gasteiger charge is 2.08. The van der Waals surface area contributed by atoms with Crippen molar-refractivity contribution in [3.63, 3.8) is 0 Å². The van der Waals surface area contributed by atoms with Gasteiger partial charge in [-0.3, -0.25) is 9.59 Å². The number of hydrogen-bond donors (Lipinski definition) is 1. The van der Waals surface area contributed by atoms with Crippen molar-refractivity contribution < 1.29 is 18.7 Å². The number of nitrogens with one attached hydrogen (secondary N) is 1. The largest absolute Gasteiger partial charge is 0.489 e. The topological polar surface area (TPSA) is 55.4 Å². The number of amides is 1. The second-order valence-electron chi connectivity index (χ2n) is 4.68. The van der Waals surface area contributed by atoms with E-state index in [0.717, 1.165) is 5.56 Å². The van der Waals surface area contributed by atoms with Crippen LogP contribution in [0.2, 0.25) is 0 Å². The van der Waals surface area contributed by atoms with Crippen LogP contribution in [-0.2, 0) is 11.2 Å². The van der Waals surface area contributed by atoms with Crippen LogP contribution in [0.5, 0.6) is 5.75 Å². The van der Waals surface area contributed by atoms with Crippen molar-refractivity contribution >= 4 is 23.0 Å². The number of halogens is 1. The van der Waals surface area contributed by atoms with E-state index < -0.39 is 5.82 Å². The molecule has 0 atom stereocenters. The first kappa shape index (κ1) is 16.2. The Labute approximate surface area is 131 Å². The average Bonchev–Trinajstić information content (AvgIpc) is 2.94. The molecule has 0 aliphatic rings. The van der Waals surface area contributed by atoms with Crippen molar-refractivity contribution in [1.82, 2.24) is 5.32 Å². The normalized spacial score (nSPS) is 10.3. The molecule has 1 aromatic heterocycles. The maximum atomic E-state index is 13.3. The summed E-state index contributed by atoms with van der Waals surface area (Å²) in [6.07, 6.45) is 0.212. The summed E-state index contributed by atoms with van der Waals surface area (Å²) in [6, 6.07) is 7.84. The summed E-state index contributed by atoms with van der Waals surface area (Å²) in [6.45, 7) is 1.97. The molecular formula is C16H16FNO3S. The smallest absolute Gasteiger partial charge is 0.224 e. The van der Waals surface area contributed by atoms with E-state index in [4.69, 9.17) is 4.74 Å². The molecule has 6 heteroatoms. The van der Waals surface area contributed by atoms with Gasteiger partial charge >= 0.3 is 0 Å². The lowest BCUT2D eigenvalue weighted by Gasteiger charge is -2.08. The molecule has 1 heterocycles. The first-order chi connectivity index (χ1) is 10.6. The maximum Gasteiger partial charge on any atom is 0.224 e. The van der Waals surface area contributed by atoms with Crippen molar-refractivity contribution in [2.45, 2.75) is 13.3 Å². The lowest BCUT2D eigenvalue weighted by molar-refractivity contribution is -0.120. The highest BCUT2D eigenvalue weighted by atomic mass is 32.1. The minimum Gasteiger partial charge on any atom is -0.489 e. The zero-order valence-corrected chi connectivity index (χ0v) is 12.9. The predicted molar refractivity (Wildman–Crippen MR) is 82.9 cm³/mol. The third kappa shape index (κ3) is 4.66. The molecule has 0 radical (unpaired) electrons. The van der Waals surface area contributed by atoms with Gasteiger partial charge in [-0.2, -0.15) is 0 Å². The van der Waals surface area contributed by atoms with Crippen LogP contribution in [0.15, 0.2) is 35.7 Å². The average molecular weight is 321 g/mol. The number of Topliss-reactive ketones (excluding diaryl/α,β-unsaturated/α-hetero) is 1. The van der Waals surface area contributed by atoms with Crippen LogP contribution in [0.25, 0.3) is 0 Å². The van der Waals surface area contributed by atoms with Gasteiger partial charge in [0.05, 0.1) is 17.8 Å². The Morgan fingerprint density at radius 1 is 1.32 bits per heavy atom. The number of rotatable bonds is 7. The van der Waals surface area contributed by atoms with Crippen LogP contribution in [0.4, 0.5) is 4.39 Å². The van der Waals surface area contributed by atoms with Gasteiger partial charge in [-0.05, 0) is 36.1 Å². The number of carbonyl (C=O) groups is 2. The van der Waals surface area contributed by atoms with Crippen LogP contribution >= 0.6 is 11.3 Å². The molecule has 4 nitrogen and oxygen atoms in total. The molecule has 0 unspecified atom stereocenters. The summed E-state index contributed by atoms with van der Waals surface area (Å²) < 4.78 is 18.5. The molecule has 22 heavy (non-hydrogen) atoms. The molecular weight excluding hydrogens is 305 g/mol. The molecule has 0 spiro atoms. The zero-order valence-electron chi connectivity index (χ0n) is 12.1. The maximum absolute atomic E-state index is 13.3. The van der Waals surface area contributed by atoms with Crippen molar-refractivity contribution in [2.75, 3.05) is 13.2 Å². The van der Waals surface area contributed by atoms with Crippen LogP contribution in [0, 0.1) is 5.82 Å². The van der Waals surface area contributed by atoms with E-state index in [2.05, 4.69) is 5.32 Å². The van der Waals surface area contributed by atoms with Gasteiger partial charge in [0.25, 0.3) is 0 Å². The van der Waals surface area contributed by atoms with Gasteiger partial charge in [0, 0.05) is 0 Å². The van der Waals surface area contributed by atoms with Crippen molar-refractivity contribution in [2.24, 2.45) is 0 Å². The molecule has 2 rings (SSSR count). The van der Waals surface area contributed by atoms with Crippen LogP contribution in [0.1, 0.15) is 22.2 Å². The number of ether oxygens (including phenoxy) is 1. The van der Waals surface area contributed by atoms with Crippen molar-refractivity contribution in [3.05, 3.63) is 52.0 Å². The Bertz CT molecular complexity index is 669. The lowest BCUT2D eigenvalue weighted by atomic mass is 10.2. The number of thiophene rings is 1. The predicted octanol–water partition coefficient (Wildman–Crippen LogP) is 2.83. The van der Waals surface area contributed by atoms with Gasteiger partial charge in [-0.25, -0.2) is 4.39 Å². The number of para-hydroxylation sites is 1. The Balaban J connectivity index is 1.71. The second kappa shape index (κ2) is 7.70. The van der Waals surface area contributed by atoms with Crippen LogP contribution in [-0.4, -0.2) is 24.8 Å². The number of benzene rings is 1. The molecule has 0 saturated carbocycles. The van der Waals surface area contributed by atoms with Gasteiger partial charge < -0.3 is 10.1 Å². The Morgan fingerprint density at radius 3 is 2.77 bits per heavy atom. The molecule has 1 amide bonds. The van der Waals surface area contributed by atoms with E-state index >= 15 is 0 Å². The Kier molecular flexibility index (Phi) is 5.66. The molecule has 0 bridgehead atoms. The fourth-order valence-electron chi connectivity index (χ4n) is 1.81. The Hall–Kier alpha value is -2.21. The second-order valence-corrected chi connectivity index (χ2v) is 5.59. The van der Waals surface area contributed by atoms with Gasteiger partial charge in [0.15, 0.2) is 17.3 Å². The number of ketones is 1. The van der Waals surface area contributed by atoms with Crippen molar-refractivity contribution in [3.8, 4) is 5.75 Å². The van der Waals surface area contributed by atoms with Gasteiger partial charge in [-0.15, -0.1) is 11.3 Å². The molecule has 0 saturated heterocycles. The van der Waals surface area contributed by atoms with E-state index in [0.29, 0.717) is 4.88 Å². The Morgan fingerprint density at radius 2 is 2.09 bits per heavy atom. The molecule has 1 N–H and O–H groups in total. The van der Waals surface area contributed by atoms with E-state index in [9.17, 15) is 14.0 Å². The van der Waals surface area contributed by atoms with Crippen LogP contribution < -0.4 is 10.1 Å². The first-order valence-corrected chi connectivity index (χ1v) is 7.66. The summed E-state index contributed by atoms with van der Waals surface area (Å²) in [4.78, 5) is 23.6. The molecule has 0 aliphatic carbocycles. The van der Waals surface area contributed by atoms with Crippen molar-refractivity contribution in [1.29, 1.82) is 0 Å². The molecule has 2 aromatic rings. The third-order valence-corrected chi connectivity index (χ3v) is 3.96. The summed E-state index contributed by atoms with van der Waals surface area (Å²) in [5.74, 6) is -0.426. The highest BCUT2D eigenvalue weighted by Crippen LogP contribution is 2.16. The lowest BCUT2D eigenvalue weighted by Crippen LogP contribution is -2.29. The fourth-order valence-corrected chi connectivity index (χ4v) is 2.63. The summed E-state index contributed by atoms with van der Waals surface area (Å²) >= 11 is 1.33. The summed E-state index contributed by atoms with van der Waals surface area (Å²) in [5.41, 5.74) is 0.808. The standard InChI is InChI=1S/C16H16FNO3S/c1-11(19)15-8-12(10-22-15)9-16(20)18-6-7-21-14-5-3-2-4-13(14)17/h2-5,8,10H,6-7,9H2,1H3,(H,18,20). The monoisotopic (exact) mass is 321 g/mol. The summed E-state index contributed by atoms with van der Waals surface area (Å²) in [7, 11) is 0. The van der Waals surface area contributed by atoms with E-state index in [1.54, 1.807) is 23.6 Å². The SMILES string of the molecule is CC(=O)c1cc(CC(=O)NCCOc2ccccc2F)cs1. The van der Waals surface area contributed by atoms with E-state index in [-0.39, 0.29) is 37.0 Å². The third-order valence-electron chi connectivity index (χ3n) is 2.88. The number of hydrogen-bond acceptors (Lipinski definition) is 4. The van der Waals surface area contributed by atoms with Crippen LogP contribution in [0.3, 0.4) is 0 Å². The molecule has 116 valence electrons. The fraction of sp³-hybridized carbons (Fsp3) is 0.250. The molecule has 0 fully saturated rings. The highest BCUT2D eigenvalue weighted by molar-refractivity contribution is 7.12. The minimum atomic E-state index is -0.427. The first-order valence-electron chi connectivity index (χ1n) is 6.78. The molecule has 1 aromatic carbocycles. The van der Waals surface area contributed by atoms with Gasteiger partial charge in [0.1, 0.15) is 6.61 Å². The van der Waals surface area contributed by atoms with Gasteiger partial charge in [0.2, 0.25) is 5.91 Å². The summed E-state index contributed by atoms with van der Waals surface area (Å²) in [5, 5.41) is 4.49. The number of carbonyl (C=O) groups excluding carboxylic acids is 2. The van der Waals surface area contributed by atoms with Gasteiger partial charge in [-0.1, -0.05) is 12.1 Å². The minimum absolute atomic E-state index is 0.00468. The molecule has 0 aliphatic heterocycles. The van der Waals surface area contributed by atoms with E-state index in [1.807, 2.05) is 0 Å². The van der Waals surface area contributed by atoms with E-state index in [1.165, 1.54) is 30.4 Å². The zero-order chi connectivity index (χ0) is 15.9. The quantitative estimate of drug-likeness (QED) is 0.630.